The molecule has 22 heavy (non-hydrogen) atoms. The van der Waals surface area contributed by atoms with Crippen molar-refractivity contribution in [1.82, 2.24) is 5.32 Å². The molecular weight excluding hydrogens is 276 g/mol. The van der Waals surface area contributed by atoms with Crippen LogP contribution in [0.25, 0.3) is 0 Å². The van der Waals surface area contributed by atoms with Gasteiger partial charge in [0, 0.05) is 0 Å². The number of ether oxygens (including phenoxy) is 1. The average Bonchev–Trinajstić information content (AvgIpc) is 2.58. The molecule has 0 aliphatic carbocycles. The van der Waals surface area contributed by atoms with Crippen LogP contribution in [0.2, 0.25) is 0 Å². The van der Waals surface area contributed by atoms with Crippen LogP contribution >= 0.6 is 0 Å². The minimum Gasteiger partial charge on any atom is -0.445 e. The van der Waals surface area contributed by atoms with Gasteiger partial charge in [0.25, 0.3) is 0 Å². The van der Waals surface area contributed by atoms with E-state index < -0.39 is 12.1 Å². The van der Waals surface area contributed by atoms with Crippen molar-refractivity contribution in [2.45, 2.75) is 25.5 Å². The molecule has 0 aliphatic rings. The van der Waals surface area contributed by atoms with E-state index in [4.69, 9.17) is 10.00 Å². The molecule has 0 heterocycles. The third kappa shape index (κ3) is 5.29. The van der Waals surface area contributed by atoms with Crippen LogP contribution in [0.1, 0.15) is 17.5 Å². The predicted octanol–water partition coefficient (Wildman–Crippen LogP) is 3.44. The molecule has 112 valence electrons. The van der Waals surface area contributed by atoms with Gasteiger partial charge in [-0.15, -0.1) is 0 Å². The van der Waals surface area contributed by atoms with Crippen LogP contribution in [0, 0.1) is 11.3 Å². The lowest BCUT2D eigenvalue weighted by Gasteiger charge is -2.12. The first-order valence-corrected chi connectivity index (χ1v) is 7.18. The number of benzene rings is 2. The molecule has 0 radical (unpaired) electrons. The van der Waals surface area contributed by atoms with Gasteiger partial charge in [-0.3, -0.25) is 0 Å². The largest absolute Gasteiger partial charge is 0.445 e. The zero-order chi connectivity index (χ0) is 15.6. The van der Waals surface area contributed by atoms with Gasteiger partial charge < -0.3 is 10.1 Å². The number of aryl methyl sites for hydroxylation is 1. The Morgan fingerprint density at radius 2 is 1.64 bits per heavy atom. The molecule has 4 heteroatoms. The van der Waals surface area contributed by atoms with Gasteiger partial charge in [-0.1, -0.05) is 60.7 Å². The van der Waals surface area contributed by atoms with Crippen LogP contribution in [0.5, 0.6) is 0 Å². The maximum atomic E-state index is 11.7. The van der Waals surface area contributed by atoms with Gasteiger partial charge >= 0.3 is 6.09 Å². The summed E-state index contributed by atoms with van der Waals surface area (Å²) in [4.78, 5) is 11.7. The molecular formula is C18H18N2O2. The Balaban J connectivity index is 1.75. The van der Waals surface area contributed by atoms with Crippen molar-refractivity contribution in [3.05, 3.63) is 71.8 Å². The SMILES string of the molecule is N#CC(CCc1ccccc1)NC(=O)OCc1ccccc1. The fourth-order valence-corrected chi connectivity index (χ4v) is 2.03. The summed E-state index contributed by atoms with van der Waals surface area (Å²) in [7, 11) is 0. The van der Waals surface area contributed by atoms with Gasteiger partial charge in [-0.2, -0.15) is 5.26 Å². The topological polar surface area (TPSA) is 62.1 Å². The Labute approximate surface area is 130 Å². The van der Waals surface area contributed by atoms with Crippen molar-refractivity contribution in [2.75, 3.05) is 0 Å². The number of hydrogen-bond donors (Lipinski definition) is 1. The zero-order valence-electron chi connectivity index (χ0n) is 12.2. The maximum absolute atomic E-state index is 11.7. The van der Waals surface area contributed by atoms with E-state index >= 15 is 0 Å². The lowest BCUT2D eigenvalue weighted by Crippen LogP contribution is -2.34. The fourth-order valence-electron chi connectivity index (χ4n) is 2.03. The first kappa shape index (κ1) is 15.6. The summed E-state index contributed by atoms with van der Waals surface area (Å²) in [6.07, 6.45) is 0.724. The van der Waals surface area contributed by atoms with Crippen molar-refractivity contribution < 1.29 is 9.53 Å². The third-order valence-corrected chi connectivity index (χ3v) is 3.23. The van der Waals surface area contributed by atoms with E-state index in [9.17, 15) is 4.79 Å². The maximum Gasteiger partial charge on any atom is 0.408 e. The first-order chi connectivity index (χ1) is 10.8. The molecule has 2 rings (SSSR count). The van der Waals surface area contributed by atoms with Crippen molar-refractivity contribution in [3.63, 3.8) is 0 Å². The van der Waals surface area contributed by atoms with E-state index in [-0.39, 0.29) is 6.61 Å². The molecule has 4 nitrogen and oxygen atoms in total. The highest BCUT2D eigenvalue weighted by atomic mass is 16.5. The third-order valence-electron chi connectivity index (χ3n) is 3.23. The Bertz CT molecular complexity index is 621. The quantitative estimate of drug-likeness (QED) is 0.887. The van der Waals surface area contributed by atoms with Gasteiger partial charge in [-0.25, -0.2) is 4.79 Å². The van der Waals surface area contributed by atoms with Crippen molar-refractivity contribution in [3.8, 4) is 6.07 Å². The average molecular weight is 294 g/mol. The minimum atomic E-state index is -0.566. The molecule has 0 bridgehead atoms. The Morgan fingerprint density at radius 1 is 1.05 bits per heavy atom. The Kier molecular flexibility index (Phi) is 6.01. The van der Waals surface area contributed by atoms with Gasteiger partial charge in [0.2, 0.25) is 0 Å². The second-order valence-corrected chi connectivity index (χ2v) is 4.91. The van der Waals surface area contributed by atoms with E-state index in [1.54, 1.807) is 0 Å². The summed E-state index contributed by atoms with van der Waals surface area (Å²) in [5.74, 6) is 0. The minimum absolute atomic E-state index is 0.198. The molecule has 1 amide bonds. The summed E-state index contributed by atoms with van der Waals surface area (Å²) < 4.78 is 5.11. The van der Waals surface area contributed by atoms with E-state index in [1.807, 2.05) is 60.7 Å². The van der Waals surface area contributed by atoms with Gasteiger partial charge in [0.15, 0.2) is 0 Å². The number of nitrogens with one attached hydrogen (secondary N) is 1. The summed E-state index contributed by atoms with van der Waals surface area (Å²) in [6.45, 7) is 0.198. The van der Waals surface area contributed by atoms with Crippen LogP contribution in [0.3, 0.4) is 0 Å². The van der Waals surface area contributed by atoms with Crippen molar-refractivity contribution >= 4 is 6.09 Å². The van der Waals surface area contributed by atoms with Crippen LogP contribution in [-0.2, 0) is 17.8 Å². The molecule has 1 atom stereocenters. The van der Waals surface area contributed by atoms with E-state index in [0.717, 1.165) is 17.5 Å². The number of nitriles is 1. The van der Waals surface area contributed by atoms with Crippen LogP contribution in [0.4, 0.5) is 4.79 Å². The van der Waals surface area contributed by atoms with Crippen LogP contribution in [0.15, 0.2) is 60.7 Å². The highest BCUT2D eigenvalue weighted by Crippen LogP contribution is 2.05. The lowest BCUT2D eigenvalue weighted by molar-refractivity contribution is 0.137. The molecule has 2 aromatic carbocycles. The number of alkyl carbamates (subject to hydrolysis) is 1. The van der Waals surface area contributed by atoms with E-state index in [2.05, 4.69) is 11.4 Å². The van der Waals surface area contributed by atoms with Gasteiger partial charge in [-0.05, 0) is 24.0 Å². The number of amides is 1. The number of hydrogen-bond acceptors (Lipinski definition) is 3. The number of nitrogens with zero attached hydrogens (tertiary/aromatic N) is 1. The van der Waals surface area contributed by atoms with Gasteiger partial charge in [0.05, 0.1) is 6.07 Å². The Morgan fingerprint density at radius 3 is 2.23 bits per heavy atom. The molecule has 1 unspecified atom stereocenters. The fraction of sp³-hybridized carbons (Fsp3) is 0.222. The molecule has 0 saturated carbocycles. The first-order valence-electron chi connectivity index (χ1n) is 7.18. The van der Waals surface area contributed by atoms with Crippen LogP contribution < -0.4 is 5.32 Å². The number of carbonyl (C=O) groups excluding carboxylic acids is 1. The predicted molar refractivity (Wildman–Crippen MR) is 83.9 cm³/mol. The summed E-state index contributed by atoms with van der Waals surface area (Å²) >= 11 is 0. The zero-order valence-corrected chi connectivity index (χ0v) is 12.2. The summed E-state index contributed by atoms with van der Waals surface area (Å²) in [5.41, 5.74) is 2.05. The normalized spacial score (nSPS) is 11.2. The van der Waals surface area contributed by atoms with Crippen LogP contribution in [-0.4, -0.2) is 12.1 Å². The standard InChI is InChI=1S/C18H18N2O2/c19-13-17(12-11-15-7-3-1-4-8-15)20-18(21)22-14-16-9-5-2-6-10-16/h1-10,17H,11-12,14H2,(H,20,21). The van der Waals surface area contributed by atoms with Crippen molar-refractivity contribution in [2.24, 2.45) is 0 Å². The Hall–Kier alpha value is -2.80. The second kappa shape index (κ2) is 8.48. The molecule has 0 spiro atoms. The van der Waals surface area contributed by atoms with Crippen molar-refractivity contribution in [1.29, 1.82) is 5.26 Å². The molecule has 0 aliphatic heterocycles. The lowest BCUT2D eigenvalue weighted by atomic mass is 10.1. The molecule has 0 saturated heterocycles. The second-order valence-electron chi connectivity index (χ2n) is 4.91. The molecule has 0 aromatic heterocycles. The van der Waals surface area contributed by atoms with Gasteiger partial charge in [0.1, 0.15) is 12.6 Å². The van der Waals surface area contributed by atoms with E-state index in [0.29, 0.717) is 6.42 Å². The number of rotatable bonds is 6. The number of carbonyl (C=O) groups is 1. The highest BCUT2D eigenvalue weighted by molar-refractivity contribution is 5.68. The highest BCUT2D eigenvalue weighted by Gasteiger charge is 2.12. The summed E-state index contributed by atoms with van der Waals surface area (Å²) in [5, 5.41) is 11.7. The molecule has 0 fully saturated rings. The smallest absolute Gasteiger partial charge is 0.408 e. The molecule has 2 aromatic rings. The summed E-state index contributed by atoms with van der Waals surface area (Å²) in [6, 6.07) is 20.8. The van der Waals surface area contributed by atoms with E-state index in [1.165, 1.54) is 0 Å². The molecule has 1 N–H and O–H groups in total. The monoisotopic (exact) mass is 294 g/mol.